The Hall–Kier alpha value is -1.15. The third-order valence-corrected chi connectivity index (χ3v) is 3.41. The summed E-state index contributed by atoms with van der Waals surface area (Å²) in [6, 6.07) is 9.62. The van der Waals surface area contributed by atoms with Crippen LogP contribution in [0.2, 0.25) is 0 Å². The Morgan fingerprint density at radius 1 is 0.947 bits per heavy atom. The molecular weight excluding hydrogens is 234 g/mol. The number of unbranched alkanes of at least 4 members (excludes halogenated alkanes) is 2. The van der Waals surface area contributed by atoms with E-state index in [1.807, 2.05) is 30.3 Å². The molecule has 0 fully saturated rings. The third-order valence-electron chi connectivity index (χ3n) is 3.41. The first kappa shape index (κ1) is 15.9. The number of rotatable bonds is 10. The largest absolute Gasteiger partial charge is 0.303 e. The van der Waals surface area contributed by atoms with Gasteiger partial charge >= 0.3 is 0 Å². The molecule has 0 saturated carbocycles. The van der Waals surface area contributed by atoms with Crippen LogP contribution in [0.25, 0.3) is 0 Å². The van der Waals surface area contributed by atoms with Gasteiger partial charge in [-0.25, -0.2) is 0 Å². The predicted molar refractivity (Wildman–Crippen MR) is 81.6 cm³/mol. The first-order valence-electron chi connectivity index (χ1n) is 7.58. The van der Waals surface area contributed by atoms with Crippen LogP contribution in [0.15, 0.2) is 30.3 Å². The Kier molecular flexibility index (Phi) is 8.15. The lowest BCUT2D eigenvalue weighted by atomic mass is 10.1. The van der Waals surface area contributed by atoms with Gasteiger partial charge in [0.05, 0.1) is 0 Å². The number of carbonyl (C=O) groups is 1. The molecule has 0 aliphatic carbocycles. The van der Waals surface area contributed by atoms with E-state index in [1.54, 1.807) is 0 Å². The van der Waals surface area contributed by atoms with Crippen LogP contribution >= 0.6 is 0 Å². The number of Topliss-reactive ketones (excluding diaryl/α,β-unsaturated/α-hetero) is 1. The van der Waals surface area contributed by atoms with Crippen molar-refractivity contribution in [1.82, 2.24) is 4.90 Å². The molecule has 0 saturated heterocycles. The minimum Gasteiger partial charge on any atom is -0.303 e. The van der Waals surface area contributed by atoms with Crippen molar-refractivity contribution in [3.05, 3.63) is 35.9 Å². The molecule has 0 unspecified atom stereocenters. The zero-order valence-corrected chi connectivity index (χ0v) is 12.4. The molecule has 0 spiro atoms. The molecule has 19 heavy (non-hydrogen) atoms. The van der Waals surface area contributed by atoms with Crippen LogP contribution in [0.1, 0.15) is 56.3 Å². The Labute approximate surface area is 117 Å². The van der Waals surface area contributed by atoms with Gasteiger partial charge in [0.25, 0.3) is 0 Å². The molecule has 0 aromatic heterocycles. The van der Waals surface area contributed by atoms with Gasteiger partial charge in [-0.3, -0.25) is 4.79 Å². The number of ketones is 1. The summed E-state index contributed by atoms with van der Waals surface area (Å²) in [4.78, 5) is 14.5. The molecule has 0 N–H and O–H groups in total. The van der Waals surface area contributed by atoms with Crippen molar-refractivity contribution in [3.8, 4) is 0 Å². The second kappa shape index (κ2) is 9.74. The zero-order chi connectivity index (χ0) is 13.9. The molecule has 2 heteroatoms. The molecule has 0 heterocycles. The minimum atomic E-state index is 0.263. The van der Waals surface area contributed by atoms with Crippen molar-refractivity contribution in [3.63, 3.8) is 0 Å². The van der Waals surface area contributed by atoms with Crippen molar-refractivity contribution in [2.24, 2.45) is 0 Å². The summed E-state index contributed by atoms with van der Waals surface area (Å²) in [6.45, 7) is 7.57. The van der Waals surface area contributed by atoms with Gasteiger partial charge in [-0.15, -0.1) is 0 Å². The van der Waals surface area contributed by atoms with E-state index in [0.29, 0.717) is 6.42 Å². The van der Waals surface area contributed by atoms with Gasteiger partial charge in [0, 0.05) is 18.5 Å². The summed E-state index contributed by atoms with van der Waals surface area (Å²) in [5.74, 6) is 0.263. The fourth-order valence-corrected chi connectivity index (χ4v) is 2.13. The molecule has 2 nitrogen and oxygen atoms in total. The van der Waals surface area contributed by atoms with Crippen molar-refractivity contribution < 1.29 is 4.79 Å². The van der Waals surface area contributed by atoms with Crippen LogP contribution in [0.5, 0.6) is 0 Å². The van der Waals surface area contributed by atoms with E-state index in [9.17, 15) is 4.79 Å². The van der Waals surface area contributed by atoms with Crippen LogP contribution in [0, 0.1) is 0 Å². The van der Waals surface area contributed by atoms with E-state index in [1.165, 1.54) is 25.7 Å². The Balaban J connectivity index is 2.39. The van der Waals surface area contributed by atoms with Crippen molar-refractivity contribution in [2.75, 3.05) is 19.6 Å². The number of carbonyl (C=O) groups excluding carboxylic acids is 1. The number of nitrogens with zero attached hydrogens (tertiary/aromatic N) is 1. The molecule has 0 aliphatic heterocycles. The molecule has 0 bridgehead atoms. The molecule has 1 rings (SSSR count). The minimum absolute atomic E-state index is 0.263. The maximum Gasteiger partial charge on any atom is 0.164 e. The third kappa shape index (κ3) is 6.53. The lowest BCUT2D eigenvalue weighted by molar-refractivity contribution is 0.0963. The summed E-state index contributed by atoms with van der Waals surface area (Å²) in [7, 11) is 0. The average Bonchev–Trinajstić information content (AvgIpc) is 2.47. The highest BCUT2D eigenvalue weighted by molar-refractivity contribution is 5.96. The summed E-state index contributed by atoms with van der Waals surface area (Å²) >= 11 is 0. The van der Waals surface area contributed by atoms with Gasteiger partial charge in [-0.1, -0.05) is 57.0 Å². The Bertz CT molecular complexity index is 340. The lowest BCUT2D eigenvalue weighted by Crippen LogP contribution is -2.28. The SMILES string of the molecule is CCCCN(CCCC)CCC(=O)c1ccccc1. The lowest BCUT2D eigenvalue weighted by Gasteiger charge is -2.21. The highest BCUT2D eigenvalue weighted by Crippen LogP contribution is 2.06. The quantitative estimate of drug-likeness (QED) is 0.589. The Morgan fingerprint density at radius 2 is 1.53 bits per heavy atom. The molecule has 1 aromatic rings. The normalized spacial score (nSPS) is 10.9. The second-order valence-corrected chi connectivity index (χ2v) is 5.09. The van der Waals surface area contributed by atoms with Crippen LogP contribution in [0.3, 0.4) is 0 Å². The number of benzene rings is 1. The van der Waals surface area contributed by atoms with Crippen molar-refractivity contribution in [1.29, 1.82) is 0 Å². The molecule has 0 atom stereocenters. The van der Waals surface area contributed by atoms with E-state index in [-0.39, 0.29) is 5.78 Å². The van der Waals surface area contributed by atoms with Gasteiger partial charge in [-0.2, -0.15) is 0 Å². The highest BCUT2D eigenvalue weighted by atomic mass is 16.1. The van der Waals surface area contributed by atoms with Crippen LogP contribution < -0.4 is 0 Å². The predicted octanol–water partition coefficient (Wildman–Crippen LogP) is 4.16. The first-order chi connectivity index (χ1) is 9.27. The van der Waals surface area contributed by atoms with Gasteiger partial charge in [-0.05, 0) is 25.9 Å². The first-order valence-corrected chi connectivity index (χ1v) is 7.58. The second-order valence-electron chi connectivity index (χ2n) is 5.09. The van der Waals surface area contributed by atoms with Crippen molar-refractivity contribution in [2.45, 2.75) is 46.0 Å². The topological polar surface area (TPSA) is 20.3 Å². The number of hydrogen-bond acceptors (Lipinski definition) is 2. The smallest absolute Gasteiger partial charge is 0.164 e. The maximum atomic E-state index is 12.1. The molecule has 0 radical (unpaired) electrons. The van der Waals surface area contributed by atoms with Gasteiger partial charge in [0.15, 0.2) is 5.78 Å². The Morgan fingerprint density at radius 3 is 2.05 bits per heavy atom. The van der Waals surface area contributed by atoms with E-state index in [2.05, 4.69) is 18.7 Å². The van der Waals surface area contributed by atoms with Gasteiger partial charge < -0.3 is 4.90 Å². The maximum absolute atomic E-state index is 12.1. The molecular formula is C17H27NO. The van der Waals surface area contributed by atoms with Crippen LogP contribution in [-0.4, -0.2) is 30.3 Å². The molecule has 0 amide bonds. The number of hydrogen-bond donors (Lipinski definition) is 0. The summed E-state index contributed by atoms with van der Waals surface area (Å²) in [5.41, 5.74) is 0.841. The fourth-order valence-electron chi connectivity index (χ4n) is 2.13. The van der Waals surface area contributed by atoms with Crippen LogP contribution in [-0.2, 0) is 0 Å². The van der Waals surface area contributed by atoms with E-state index in [0.717, 1.165) is 25.2 Å². The highest BCUT2D eigenvalue weighted by Gasteiger charge is 2.09. The molecule has 0 aliphatic rings. The fraction of sp³-hybridized carbons (Fsp3) is 0.588. The van der Waals surface area contributed by atoms with Crippen LogP contribution in [0.4, 0.5) is 0 Å². The standard InChI is InChI=1S/C17H27NO/c1-3-5-13-18(14-6-4-2)15-12-17(19)16-10-8-7-9-11-16/h7-11H,3-6,12-15H2,1-2H3. The van der Waals surface area contributed by atoms with Gasteiger partial charge in [0.2, 0.25) is 0 Å². The summed E-state index contributed by atoms with van der Waals surface area (Å²) in [6.07, 6.45) is 5.52. The average molecular weight is 261 g/mol. The van der Waals surface area contributed by atoms with Crippen molar-refractivity contribution >= 4 is 5.78 Å². The monoisotopic (exact) mass is 261 g/mol. The van der Waals surface area contributed by atoms with E-state index in [4.69, 9.17) is 0 Å². The molecule has 106 valence electrons. The summed E-state index contributed by atoms with van der Waals surface area (Å²) in [5, 5.41) is 0. The summed E-state index contributed by atoms with van der Waals surface area (Å²) < 4.78 is 0. The van der Waals surface area contributed by atoms with Gasteiger partial charge in [0.1, 0.15) is 0 Å². The zero-order valence-electron chi connectivity index (χ0n) is 12.4. The van der Waals surface area contributed by atoms with E-state index >= 15 is 0 Å². The van der Waals surface area contributed by atoms with E-state index < -0.39 is 0 Å². The molecule has 1 aromatic carbocycles.